The SMILES string of the molecule is CC[C@@H](C)NC(=O)c1ccccc1NC(=O)CN(c1cc(Cl)c(Cl)cc1Cl)S(C)(=O)=O. The third-order valence-electron chi connectivity index (χ3n) is 4.38. The predicted molar refractivity (Wildman–Crippen MR) is 126 cm³/mol. The van der Waals surface area contributed by atoms with Crippen LogP contribution in [-0.2, 0) is 14.8 Å². The van der Waals surface area contributed by atoms with E-state index in [9.17, 15) is 18.0 Å². The largest absolute Gasteiger partial charge is 0.350 e. The zero-order valence-corrected chi connectivity index (χ0v) is 20.2. The maximum atomic E-state index is 12.7. The second-order valence-corrected chi connectivity index (χ2v) is 9.99. The van der Waals surface area contributed by atoms with Crippen molar-refractivity contribution in [3.63, 3.8) is 0 Å². The van der Waals surface area contributed by atoms with E-state index in [-0.39, 0.29) is 44.0 Å². The summed E-state index contributed by atoms with van der Waals surface area (Å²) in [7, 11) is -3.90. The molecule has 0 heterocycles. The topological polar surface area (TPSA) is 95.6 Å². The van der Waals surface area contributed by atoms with Crippen LogP contribution >= 0.6 is 34.8 Å². The summed E-state index contributed by atoms with van der Waals surface area (Å²) in [4.78, 5) is 25.2. The Morgan fingerprint density at radius 1 is 1.06 bits per heavy atom. The fourth-order valence-corrected chi connectivity index (χ4v) is 4.15. The molecule has 0 saturated carbocycles. The Bertz CT molecular complexity index is 1090. The average Bonchev–Trinajstić information content (AvgIpc) is 2.68. The van der Waals surface area contributed by atoms with Crippen molar-refractivity contribution in [3.8, 4) is 0 Å². The van der Waals surface area contributed by atoms with Crippen molar-refractivity contribution in [1.29, 1.82) is 0 Å². The predicted octanol–water partition coefficient (Wildman–Crippen LogP) is 4.58. The van der Waals surface area contributed by atoms with Crippen molar-refractivity contribution >= 4 is 68.0 Å². The Kier molecular flexibility index (Phi) is 8.59. The van der Waals surface area contributed by atoms with Gasteiger partial charge in [-0.3, -0.25) is 13.9 Å². The van der Waals surface area contributed by atoms with Gasteiger partial charge in [0.05, 0.1) is 38.3 Å². The molecule has 0 spiro atoms. The van der Waals surface area contributed by atoms with Gasteiger partial charge in [-0.15, -0.1) is 0 Å². The summed E-state index contributed by atoms with van der Waals surface area (Å²) in [5.41, 5.74) is 0.521. The van der Waals surface area contributed by atoms with Crippen LogP contribution in [0.3, 0.4) is 0 Å². The van der Waals surface area contributed by atoms with Crippen LogP contribution in [0.15, 0.2) is 36.4 Å². The van der Waals surface area contributed by atoms with Gasteiger partial charge in [0.2, 0.25) is 15.9 Å². The normalized spacial score (nSPS) is 12.2. The molecular weight excluding hydrogens is 485 g/mol. The number of nitrogens with zero attached hydrogens (tertiary/aromatic N) is 1. The number of amides is 2. The number of sulfonamides is 1. The molecule has 0 bridgehead atoms. The van der Waals surface area contributed by atoms with Crippen molar-refractivity contribution < 1.29 is 18.0 Å². The molecule has 0 aliphatic rings. The van der Waals surface area contributed by atoms with Gasteiger partial charge < -0.3 is 10.6 Å². The molecule has 7 nitrogen and oxygen atoms in total. The molecule has 2 rings (SSSR count). The molecule has 0 aromatic heterocycles. The zero-order valence-electron chi connectivity index (χ0n) is 17.1. The van der Waals surface area contributed by atoms with Gasteiger partial charge in [0.25, 0.3) is 5.91 Å². The summed E-state index contributed by atoms with van der Waals surface area (Å²) in [5, 5.41) is 5.67. The highest BCUT2D eigenvalue weighted by Crippen LogP contribution is 2.35. The standard InChI is InChI=1S/C20H22Cl3N3O4S/c1-4-12(2)24-20(28)13-7-5-6-8-17(13)25-19(27)11-26(31(3,29)30)18-10-15(22)14(21)9-16(18)23/h5-10,12H,4,11H2,1-3H3,(H,24,28)(H,25,27)/t12-/m1/s1. The highest BCUT2D eigenvalue weighted by atomic mass is 35.5. The van der Waals surface area contributed by atoms with Crippen molar-refractivity contribution in [2.24, 2.45) is 0 Å². The molecule has 0 radical (unpaired) electrons. The second kappa shape index (κ2) is 10.5. The van der Waals surface area contributed by atoms with Gasteiger partial charge in [-0.1, -0.05) is 53.9 Å². The average molecular weight is 507 g/mol. The van der Waals surface area contributed by atoms with Crippen LogP contribution in [0.4, 0.5) is 11.4 Å². The summed E-state index contributed by atoms with van der Waals surface area (Å²) in [6.45, 7) is 3.22. The van der Waals surface area contributed by atoms with E-state index in [1.807, 2.05) is 13.8 Å². The van der Waals surface area contributed by atoms with Gasteiger partial charge >= 0.3 is 0 Å². The molecule has 0 aliphatic carbocycles. The number of nitrogens with one attached hydrogen (secondary N) is 2. The molecular formula is C20H22Cl3N3O4S. The molecule has 0 unspecified atom stereocenters. The fourth-order valence-electron chi connectivity index (χ4n) is 2.60. The third kappa shape index (κ3) is 6.74. The highest BCUT2D eigenvalue weighted by Gasteiger charge is 2.25. The number of carbonyl (C=O) groups excluding carboxylic acids is 2. The molecule has 2 N–H and O–H groups in total. The van der Waals surface area contributed by atoms with Crippen LogP contribution in [-0.4, -0.2) is 39.1 Å². The van der Waals surface area contributed by atoms with Crippen molar-refractivity contribution in [2.75, 3.05) is 22.4 Å². The first-order valence-electron chi connectivity index (χ1n) is 9.26. The molecule has 168 valence electrons. The maximum absolute atomic E-state index is 12.7. The van der Waals surface area contributed by atoms with E-state index in [4.69, 9.17) is 34.8 Å². The molecule has 0 aliphatic heterocycles. The van der Waals surface area contributed by atoms with Crippen LogP contribution in [0, 0.1) is 0 Å². The molecule has 0 fully saturated rings. The Morgan fingerprint density at radius 2 is 1.68 bits per heavy atom. The molecule has 2 amide bonds. The van der Waals surface area contributed by atoms with E-state index < -0.39 is 22.5 Å². The van der Waals surface area contributed by atoms with Gasteiger partial charge in [-0.2, -0.15) is 0 Å². The number of carbonyl (C=O) groups is 2. The van der Waals surface area contributed by atoms with E-state index in [1.165, 1.54) is 12.1 Å². The number of rotatable bonds is 8. The quantitative estimate of drug-likeness (QED) is 0.512. The molecule has 0 saturated heterocycles. The summed E-state index contributed by atoms with van der Waals surface area (Å²) in [6.07, 6.45) is 1.68. The van der Waals surface area contributed by atoms with Crippen LogP contribution in [0.25, 0.3) is 0 Å². The Morgan fingerprint density at radius 3 is 2.29 bits per heavy atom. The second-order valence-electron chi connectivity index (χ2n) is 6.86. The van der Waals surface area contributed by atoms with Gasteiger partial charge in [0.15, 0.2) is 0 Å². The van der Waals surface area contributed by atoms with E-state index in [1.54, 1.807) is 24.3 Å². The van der Waals surface area contributed by atoms with Crippen LogP contribution < -0.4 is 14.9 Å². The number of hydrogen-bond donors (Lipinski definition) is 2. The lowest BCUT2D eigenvalue weighted by atomic mass is 10.1. The summed E-state index contributed by atoms with van der Waals surface area (Å²) in [5.74, 6) is -1.02. The van der Waals surface area contributed by atoms with E-state index in [2.05, 4.69) is 10.6 Å². The molecule has 31 heavy (non-hydrogen) atoms. The minimum absolute atomic E-state index is 0.0107. The van der Waals surface area contributed by atoms with Crippen molar-refractivity contribution in [1.82, 2.24) is 5.32 Å². The monoisotopic (exact) mass is 505 g/mol. The smallest absolute Gasteiger partial charge is 0.253 e. The van der Waals surface area contributed by atoms with Crippen molar-refractivity contribution in [3.05, 3.63) is 57.0 Å². The lowest BCUT2D eigenvalue weighted by Gasteiger charge is -2.23. The maximum Gasteiger partial charge on any atom is 0.253 e. The van der Waals surface area contributed by atoms with E-state index in [0.717, 1.165) is 17.0 Å². The zero-order chi connectivity index (χ0) is 23.3. The highest BCUT2D eigenvalue weighted by molar-refractivity contribution is 7.92. The lowest BCUT2D eigenvalue weighted by Crippen LogP contribution is -2.38. The number of para-hydroxylation sites is 1. The molecule has 11 heteroatoms. The number of halogens is 3. The Balaban J connectivity index is 2.30. The van der Waals surface area contributed by atoms with Crippen LogP contribution in [0.5, 0.6) is 0 Å². The number of benzene rings is 2. The lowest BCUT2D eigenvalue weighted by molar-refractivity contribution is -0.114. The molecule has 2 aromatic carbocycles. The van der Waals surface area contributed by atoms with E-state index >= 15 is 0 Å². The third-order valence-corrected chi connectivity index (χ3v) is 6.53. The summed E-state index contributed by atoms with van der Waals surface area (Å²) in [6, 6.07) is 8.96. The minimum atomic E-state index is -3.90. The number of hydrogen-bond acceptors (Lipinski definition) is 4. The minimum Gasteiger partial charge on any atom is -0.350 e. The van der Waals surface area contributed by atoms with E-state index in [0.29, 0.717) is 0 Å². The summed E-state index contributed by atoms with van der Waals surface area (Å²) < 4.78 is 25.5. The van der Waals surface area contributed by atoms with Crippen LogP contribution in [0.1, 0.15) is 30.6 Å². The van der Waals surface area contributed by atoms with Crippen LogP contribution in [0.2, 0.25) is 15.1 Å². The van der Waals surface area contributed by atoms with Gasteiger partial charge in [0.1, 0.15) is 6.54 Å². The molecule has 2 aromatic rings. The Hall–Kier alpha value is -2.00. The Labute approximate surface area is 196 Å². The van der Waals surface area contributed by atoms with Gasteiger partial charge in [-0.05, 0) is 37.6 Å². The summed E-state index contributed by atoms with van der Waals surface area (Å²) >= 11 is 18.0. The number of anilines is 2. The first-order chi connectivity index (χ1) is 14.4. The van der Waals surface area contributed by atoms with Gasteiger partial charge in [0, 0.05) is 6.04 Å². The van der Waals surface area contributed by atoms with Crippen molar-refractivity contribution in [2.45, 2.75) is 26.3 Å². The first-order valence-corrected chi connectivity index (χ1v) is 12.2. The van der Waals surface area contributed by atoms with Gasteiger partial charge in [-0.25, -0.2) is 8.42 Å². The first kappa shape index (κ1) is 25.3. The molecule has 1 atom stereocenters. The fraction of sp³-hybridized carbons (Fsp3) is 0.300.